The first-order chi connectivity index (χ1) is 10.1. The lowest BCUT2D eigenvalue weighted by Crippen LogP contribution is -2.43. The van der Waals surface area contributed by atoms with E-state index in [1.165, 1.54) is 9.58 Å². The summed E-state index contributed by atoms with van der Waals surface area (Å²) in [7, 11) is 1.65. The Balaban J connectivity index is 2.05. The summed E-state index contributed by atoms with van der Waals surface area (Å²) in [4.78, 5) is 25.2. The molecule has 1 atom stereocenters. The Labute approximate surface area is 121 Å². The first-order valence-electron chi connectivity index (χ1n) is 6.68. The zero-order valence-corrected chi connectivity index (χ0v) is 11.6. The molecule has 0 fully saturated rings. The number of hydrogen-bond acceptors (Lipinski definition) is 4. The number of amides is 1. The SMILES string of the molecule is CN1C[C@H](Cc2ccccc2)n2ncc(=O)c(O)c2C1=O. The highest BCUT2D eigenvalue weighted by Gasteiger charge is 2.32. The van der Waals surface area contributed by atoms with Gasteiger partial charge in [0.1, 0.15) is 0 Å². The highest BCUT2D eigenvalue weighted by atomic mass is 16.3. The molecule has 1 aromatic heterocycles. The summed E-state index contributed by atoms with van der Waals surface area (Å²) in [5.41, 5.74) is 0.441. The minimum absolute atomic E-state index is 0.0304. The Kier molecular flexibility index (Phi) is 3.21. The molecule has 2 heterocycles. The topological polar surface area (TPSA) is 75.4 Å². The third kappa shape index (κ3) is 2.29. The van der Waals surface area contributed by atoms with Crippen molar-refractivity contribution in [2.75, 3.05) is 13.6 Å². The minimum Gasteiger partial charge on any atom is -0.502 e. The maximum Gasteiger partial charge on any atom is 0.275 e. The molecule has 1 aromatic carbocycles. The predicted octanol–water partition coefficient (Wildman–Crippen LogP) is 0.818. The maximum atomic E-state index is 12.2. The fourth-order valence-electron chi connectivity index (χ4n) is 2.63. The number of likely N-dealkylation sites (N-methyl/N-ethyl adjacent to an activating group) is 1. The van der Waals surface area contributed by atoms with Gasteiger partial charge in [-0.25, -0.2) is 0 Å². The Bertz CT molecular complexity index is 740. The molecule has 0 bridgehead atoms. The fraction of sp³-hybridized carbons (Fsp3) is 0.267. The van der Waals surface area contributed by atoms with Crippen molar-refractivity contribution in [2.45, 2.75) is 12.5 Å². The second kappa shape index (κ2) is 5.05. The lowest BCUT2D eigenvalue weighted by molar-refractivity contribution is 0.0695. The van der Waals surface area contributed by atoms with Gasteiger partial charge in [-0.2, -0.15) is 5.10 Å². The molecule has 1 amide bonds. The van der Waals surface area contributed by atoms with E-state index in [9.17, 15) is 14.7 Å². The second-order valence-electron chi connectivity index (χ2n) is 5.18. The summed E-state index contributed by atoms with van der Waals surface area (Å²) >= 11 is 0. The van der Waals surface area contributed by atoms with Crippen LogP contribution in [0, 0.1) is 0 Å². The van der Waals surface area contributed by atoms with Crippen LogP contribution in [0.5, 0.6) is 5.75 Å². The number of nitrogens with zero attached hydrogens (tertiary/aromatic N) is 3. The van der Waals surface area contributed by atoms with Crippen LogP contribution in [0.4, 0.5) is 0 Å². The maximum absolute atomic E-state index is 12.2. The summed E-state index contributed by atoms with van der Waals surface area (Å²) < 4.78 is 1.46. The molecule has 1 aliphatic rings. The molecule has 1 N–H and O–H groups in total. The Hall–Kier alpha value is -2.63. The molecule has 1 aliphatic heterocycles. The van der Waals surface area contributed by atoms with Gasteiger partial charge in [0.25, 0.3) is 5.91 Å². The monoisotopic (exact) mass is 285 g/mol. The Morgan fingerprint density at radius 3 is 2.71 bits per heavy atom. The molecule has 108 valence electrons. The molecular formula is C15H15N3O3. The quantitative estimate of drug-likeness (QED) is 0.886. The van der Waals surface area contributed by atoms with Gasteiger partial charge in [0, 0.05) is 13.6 Å². The molecule has 0 saturated heterocycles. The number of aromatic hydroxyl groups is 1. The van der Waals surface area contributed by atoms with Gasteiger partial charge in [0.05, 0.1) is 12.2 Å². The summed E-state index contributed by atoms with van der Waals surface area (Å²) in [6.45, 7) is 0.482. The van der Waals surface area contributed by atoms with E-state index in [-0.39, 0.29) is 17.6 Å². The van der Waals surface area contributed by atoms with Crippen LogP contribution in [0.25, 0.3) is 0 Å². The molecule has 3 rings (SSSR count). The lowest BCUT2D eigenvalue weighted by atomic mass is 10.0. The van der Waals surface area contributed by atoms with E-state index in [1.807, 2.05) is 30.3 Å². The van der Waals surface area contributed by atoms with Gasteiger partial charge < -0.3 is 10.0 Å². The average Bonchev–Trinajstić information content (AvgIpc) is 2.48. The van der Waals surface area contributed by atoms with E-state index in [0.29, 0.717) is 13.0 Å². The zero-order valence-electron chi connectivity index (χ0n) is 11.6. The van der Waals surface area contributed by atoms with Crippen LogP contribution in [0.3, 0.4) is 0 Å². The van der Waals surface area contributed by atoms with Crippen molar-refractivity contribution in [1.29, 1.82) is 0 Å². The number of hydrogen-bond donors (Lipinski definition) is 1. The Morgan fingerprint density at radius 2 is 2.00 bits per heavy atom. The van der Waals surface area contributed by atoms with E-state index < -0.39 is 11.2 Å². The van der Waals surface area contributed by atoms with Gasteiger partial charge in [-0.15, -0.1) is 0 Å². The predicted molar refractivity (Wildman–Crippen MR) is 76.3 cm³/mol. The molecular weight excluding hydrogens is 270 g/mol. The second-order valence-corrected chi connectivity index (χ2v) is 5.18. The van der Waals surface area contributed by atoms with E-state index >= 15 is 0 Å². The number of rotatable bonds is 2. The van der Waals surface area contributed by atoms with Crippen LogP contribution in [0.1, 0.15) is 22.1 Å². The van der Waals surface area contributed by atoms with Crippen LogP contribution >= 0.6 is 0 Å². The first-order valence-corrected chi connectivity index (χ1v) is 6.68. The van der Waals surface area contributed by atoms with Crippen LogP contribution in [0.2, 0.25) is 0 Å². The van der Waals surface area contributed by atoms with Crippen molar-refractivity contribution in [2.24, 2.45) is 0 Å². The minimum atomic E-state index is -0.636. The van der Waals surface area contributed by atoms with Crippen LogP contribution < -0.4 is 5.43 Å². The smallest absolute Gasteiger partial charge is 0.275 e. The van der Waals surface area contributed by atoms with Gasteiger partial charge in [-0.05, 0) is 12.0 Å². The van der Waals surface area contributed by atoms with Gasteiger partial charge in [-0.1, -0.05) is 30.3 Å². The number of carbonyl (C=O) groups is 1. The van der Waals surface area contributed by atoms with Crippen molar-refractivity contribution in [1.82, 2.24) is 14.7 Å². The van der Waals surface area contributed by atoms with E-state index in [0.717, 1.165) is 11.8 Å². The molecule has 0 aliphatic carbocycles. The standard InChI is InChI=1S/C15H15N3O3/c1-17-9-11(7-10-5-3-2-4-6-10)18-13(15(17)21)14(20)12(19)8-16-18/h2-6,8,11,20H,7,9H2,1H3/t11-/m0/s1. The molecule has 6 nitrogen and oxygen atoms in total. The molecule has 0 spiro atoms. The normalized spacial score (nSPS) is 17.7. The largest absolute Gasteiger partial charge is 0.502 e. The van der Waals surface area contributed by atoms with Crippen molar-refractivity contribution < 1.29 is 9.90 Å². The fourth-order valence-corrected chi connectivity index (χ4v) is 2.63. The lowest BCUT2D eigenvalue weighted by Gasteiger charge is -2.32. The number of carbonyl (C=O) groups excluding carboxylic acids is 1. The highest BCUT2D eigenvalue weighted by molar-refractivity contribution is 5.95. The van der Waals surface area contributed by atoms with Gasteiger partial charge in [-0.3, -0.25) is 14.3 Å². The summed E-state index contributed by atoms with van der Waals surface area (Å²) in [6, 6.07) is 9.72. The summed E-state index contributed by atoms with van der Waals surface area (Å²) in [6.07, 6.45) is 1.72. The molecule has 0 saturated carbocycles. The van der Waals surface area contributed by atoms with Crippen molar-refractivity contribution in [3.8, 4) is 5.75 Å². The number of fused-ring (bicyclic) bond motifs is 1. The van der Waals surface area contributed by atoms with Crippen molar-refractivity contribution in [3.05, 3.63) is 58.0 Å². The van der Waals surface area contributed by atoms with E-state index in [2.05, 4.69) is 5.10 Å². The van der Waals surface area contributed by atoms with Crippen LogP contribution in [-0.2, 0) is 6.42 Å². The average molecular weight is 285 g/mol. The number of benzene rings is 1. The van der Waals surface area contributed by atoms with Gasteiger partial charge in [0.15, 0.2) is 11.4 Å². The third-order valence-electron chi connectivity index (χ3n) is 3.68. The van der Waals surface area contributed by atoms with Crippen molar-refractivity contribution in [3.63, 3.8) is 0 Å². The summed E-state index contributed by atoms with van der Waals surface area (Å²) in [5.74, 6) is -0.915. The number of aromatic nitrogens is 2. The molecule has 0 unspecified atom stereocenters. The molecule has 6 heteroatoms. The molecule has 0 radical (unpaired) electrons. The van der Waals surface area contributed by atoms with Gasteiger partial charge >= 0.3 is 0 Å². The molecule has 21 heavy (non-hydrogen) atoms. The van der Waals surface area contributed by atoms with E-state index in [1.54, 1.807) is 7.05 Å². The Morgan fingerprint density at radius 1 is 1.29 bits per heavy atom. The zero-order chi connectivity index (χ0) is 15.0. The van der Waals surface area contributed by atoms with Crippen molar-refractivity contribution >= 4 is 5.91 Å². The third-order valence-corrected chi connectivity index (χ3v) is 3.68. The first kappa shape index (κ1) is 13.4. The van der Waals surface area contributed by atoms with Crippen LogP contribution in [0.15, 0.2) is 41.3 Å². The highest BCUT2D eigenvalue weighted by Crippen LogP contribution is 2.25. The van der Waals surface area contributed by atoms with Crippen LogP contribution in [-0.4, -0.2) is 39.3 Å². The van der Waals surface area contributed by atoms with E-state index in [4.69, 9.17) is 0 Å². The van der Waals surface area contributed by atoms with Gasteiger partial charge in [0.2, 0.25) is 5.43 Å². The molecule has 2 aromatic rings. The summed E-state index contributed by atoms with van der Waals surface area (Å²) in [5, 5.41) is 13.9.